The van der Waals surface area contributed by atoms with Crippen molar-refractivity contribution in [3.05, 3.63) is 0 Å². The molecule has 0 aromatic heterocycles. The Bertz CT molecular complexity index is 105. The van der Waals surface area contributed by atoms with E-state index < -0.39 is 0 Å². The second-order valence-corrected chi connectivity index (χ2v) is 4.55. The molecule has 0 rings (SSSR count). The SMILES string of the molecule is CCC(CC)CC(CCSC)NN. The second-order valence-electron chi connectivity index (χ2n) is 3.56. The molecule has 0 aromatic rings. The van der Waals surface area contributed by atoms with Crippen LogP contribution in [0.3, 0.4) is 0 Å². The summed E-state index contributed by atoms with van der Waals surface area (Å²) in [5, 5.41) is 0. The second kappa shape index (κ2) is 8.85. The Morgan fingerprint density at radius 2 is 1.92 bits per heavy atom. The lowest BCUT2D eigenvalue weighted by molar-refractivity contribution is 0.363. The minimum Gasteiger partial charge on any atom is -0.271 e. The molecule has 3 heteroatoms. The van der Waals surface area contributed by atoms with Crippen molar-refractivity contribution < 1.29 is 0 Å². The molecule has 0 bridgehead atoms. The Morgan fingerprint density at radius 3 is 2.31 bits per heavy atom. The maximum Gasteiger partial charge on any atom is 0.0221 e. The van der Waals surface area contributed by atoms with Crippen LogP contribution in [0.5, 0.6) is 0 Å². The minimum absolute atomic E-state index is 0.511. The standard InChI is InChI=1S/C10H24N2S/c1-4-9(5-2)8-10(12-11)6-7-13-3/h9-10,12H,4-8,11H2,1-3H3. The summed E-state index contributed by atoms with van der Waals surface area (Å²) >= 11 is 1.89. The highest BCUT2D eigenvalue weighted by Gasteiger charge is 2.11. The van der Waals surface area contributed by atoms with Gasteiger partial charge >= 0.3 is 0 Å². The van der Waals surface area contributed by atoms with Crippen molar-refractivity contribution in [3.63, 3.8) is 0 Å². The zero-order chi connectivity index (χ0) is 10.1. The molecule has 0 spiro atoms. The third-order valence-electron chi connectivity index (χ3n) is 2.68. The zero-order valence-corrected chi connectivity index (χ0v) is 9.99. The van der Waals surface area contributed by atoms with Gasteiger partial charge in [-0.1, -0.05) is 26.7 Å². The van der Waals surface area contributed by atoms with Gasteiger partial charge in [0.25, 0.3) is 0 Å². The van der Waals surface area contributed by atoms with Gasteiger partial charge in [-0.15, -0.1) is 0 Å². The molecule has 0 amide bonds. The van der Waals surface area contributed by atoms with Crippen LogP contribution in [0.4, 0.5) is 0 Å². The third-order valence-corrected chi connectivity index (χ3v) is 3.32. The highest BCUT2D eigenvalue weighted by Crippen LogP contribution is 2.17. The van der Waals surface area contributed by atoms with E-state index in [1.807, 2.05) is 11.8 Å². The van der Waals surface area contributed by atoms with Gasteiger partial charge in [0, 0.05) is 6.04 Å². The molecule has 0 radical (unpaired) electrons. The Kier molecular flexibility index (Phi) is 9.03. The highest BCUT2D eigenvalue weighted by atomic mass is 32.2. The number of hydrazine groups is 1. The molecular weight excluding hydrogens is 180 g/mol. The number of thioether (sulfide) groups is 1. The average molecular weight is 204 g/mol. The zero-order valence-electron chi connectivity index (χ0n) is 9.18. The summed E-state index contributed by atoms with van der Waals surface area (Å²) < 4.78 is 0. The Balaban J connectivity index is 3.67. The molecule has 0 fully saturated rings. The van der Waals surface area contributed by atoms with Gasteiger partial charge in [0.1, 0.15) is 0 Å². The average Bonchev–Trinajstić information content (AvgIpc) is 2.19. The van der Waals surface area contributed by atoms with E-state index in [0.29, 0.717) is 6.04 Å². The first-order valence-electron chi connectivity index (χ1n) is 5.23. The molecule has 3 N–H and O–H groups in total. The number of hydrogen-bond acceptors (Lipinski definition) is 3. The quantitative estimate of drug-likeness (QED) is 0.471. The van der Waals surface area contributed by atoms with E-state index in [-0.39, 0.29) is 0 Å². The van der Waals surface area contributed by atoms with Crippen LogP contribution >= 0.6 is 11.8 Å². The first-order chi connectivity index (χ1) is 6.28. The summed E-state index contributed by atoms with van der Waals surface area (Å²) in [7, 11) is 0. The fourth-order valence-electron chi connectivity index (χ4n) is 1.55. The number of rotatable bonds is 8. The molecule has 0 aliphatic rings. The molecule has 0 saturated heterocycles. The van der Waals surface area contributed by atoms with Crippen LogP contribution < -0.4 is 11.3 Å². The molecule has 0 heterocycles. The van der Waals surface area contributed by atoms with E-state index >= 15 is 0 Å². The normalized spacial score (nSPS) is 13.6. The summed E-state index contributed by atoms with van der Waals surface area (Å²) in [6, 6.07) is 0.511. The van der Waals surface area contributed by atoms with E-state index in [0.717, 1.165) is 5.92 Å². The molecule has 0 aromatic carbocycles. The number of hydrogen-bond donors (Lipinski definition) is 2. The van der Waals surface area contributed by atoms with Crippen molar-refractivity contribution >= 4 is 11.8 Å². The van der Waals surface area contributed by atoms with Gasteiger partial charge in [-0.3, -0.25) is 11.3 Å². The third kappa shape index (κ3) is 6.36. The van der Waals surface area contributed by atoms with Crippen LogP contribution in [-0.2, 0) is 0 Å². The molecule has 0 aliphatic carbocycles. The van der Waals surface area contributed by atoms with E-state index in [1.165, 1.54) is 31.4 Å². The van der Waals surface area contributed by atoms with Crippen LogP contribution in [0, 0.1) is 5.92 Å². The monoisotopic (exact) mass is 204 g/mol. The highest BCUT2D eigenvalue weighted by molar-refractivity contribution is 7.98. The topological polar surface area (TPSA) is 38.0 Å². The predicted molar refractivity (Wildman–Crippen MR) is 62.8 cm³/mol. The van der Waals surface area contributed by atoms with Crippen LogP contribution in [-0.4, -0.2) is 18.1 Å². The summed E-state index contributed by atoms with van der Waals surface area (Å²) in [6.45, 7) is 4.52. The van der Waals surface area contributed by atoms with Gasteiger partial charge in [-0.25, -0.2) is 0 Å². The van der Waals surface area contributed by atoms with Gasteiger partial charge in [-0.05, 0) is 30.8 Å². The minimum atomic E-state index is 0.511. The number of nitrogens with two attached hydrogens (primary N) is 1. The van der Waals surface area contributed by atoms with Crippen molar-refractivity contribution in [2.24, 2.45) is 11.8 Å². The molecule has 1 unspecified atom stereocenters. The molecule has 80 valence electrons. The Hall–Kier alpha value is 0.270. The summed E-state index contributed by atoms with van der Waals surface area (Å²) in [4.78, 5) is 0. The summed E-state index contributed by atoms with van der Waals surface area (Å²) in [5.41, 5.74) is 2.92. The Morgan fingerprint density at radius 1 is 1.31 bits per heavy atom. The van der Waals surface area contributed by atoms with Crippen molar-refractivity contribution in [3.8, 4) is 0 Å². The predicted octanol–water partition coefficient (Wildman–Crippen LogP) is 2.40. The largest absolute Gasteiger partial charge is 0.271 e. The fourth-order valence-corrected chi connectivity index (χ4v) is 2.07. The lowest BCUT2D eigenvalue weighted by atomic mass is 9.94. The molecule has 1 atom stereocenters. The fraction of sp³-hybridized carbons (Fsp3) is 1.00. The van der Waals surface area contributed by atoms with Gasteiger partial charge < -0.3 is 0 Å². The number of nitrogens with one attached hydrogen (secondary N) is 1. The summed E-state index contributed by atoms with van der Waals surface area (Å²) in [6.07, 6.45) is 7.10. The smallest absolute Gasteiger partial charge is 0.0221 e. The van der Waals surface area contributed by atoms with E-state index in [2.05, 4.69) is 25.5 Å². The van der Waals surface area contributed by atoms with Crippen molar-refractivity contribution in [2.45, 2.75) is 45.6 Å². The van der Waals surface area contributed by atoms with Gasteiger partial charge in [0.15, 0.2) is 0 Å². The van der Waals surface area contributed by atoms with Crippen molar-refractivity contribution in [2.75, 3.05) is 12.0 Å². The maximum absolute atomic E-state index is 5.51. The first-order valence-corrected chi connectivity index (χ1v) is 6.62. The van der Waals surface area contributed by atoms with Gasteiger partial charge in [-0.2, -0.15) is 11.8 Å². The summed E-state index contributed by atoms with van der Waals surface area (Å²) in [5.74, 6) is 7.55. The molecule has 13 heavy (non-hydrogen) atoms. The molecule has 0 aliphatic heterocycles. The first kappa shape index (κ1) is 13.3. The van der Waals surface area contributed by atoms with Crippen LogP contribution in [0.1, 0.15) is 39.5 Å². The van der Waals surface area contributed by atoms with E-state index in [4.69, 9.17) is 5.84 Å². The maximum atomic E-state index is 5.51. The van der Waals surface area contributed by atoms with E-state index in [1.54, 1.807) is 0 Å². The van der Waals surface area contributed by atoms with Crippen molar-refractivity contribution in [1.29, 1.82) is 0 Å². The van der Waals surface area contributed by atoms with Crippen LogP contribution in [0.15, 0.2) is 0 Å². The van der Waals surface area contributed by atoms with Crippen molar-refractivity contribution in [1.82, 2.24) is 5.43 Å². The van der Waals surface area contributed by atoms with Gasteiger partial charge in [0.05, 0.1) is 0 Å². The van der Waals surface area contributed by atoms with Gasteiger partial charge in [0.2, 0.25) is 0 Å². The lowest BCUT2D eigenvalue weighted by Gasteiger charge is -2.20. The van der Waals surface area contributed by atoms with Crippen LogP contribution in [0.2, 0.25) is 0 Å². The Labute approximate surface area is 87.0 Å². The van der Waals surface area contributed by atoms with Crippen LogP contribution in [0.25, 0.3) is 0 Å². The molecule has 0 saturated carbocycles. The van der Waals surface area contributed by atoms with E-state index in [9.17, 15) is 0 Å². The lowest BCUT2D eigenvalue weighted by Crippen LogP contribution is -2.37. The molecular formula is C10H24N2S. The molecule has 2 nitrogen and oxygen atoms in total.